The quantitative estimate of drug-likeness (QED) is 0.602. The Labute approximate surface area is 187 Å². The number of hydrogen-bond acceptors (Lipinski definition) is 6. The van der Waals surface area contributed by atoms with Gasteiger partial charge in [0.05, 0.1) is 13.0 Å². The van der Waals surface area contributed by atoms with Crippen LogP contribution in [0.4, 0.5) is 5.82 Å². The zero-order valence-corrected chi connectivity index (χ0v) is 18.3. The molecule has 2 heterocycles. The Hall–Kier alpha value is -3.06. The first-order valence-electron chi connectivity index (χ1n) is 10.4. The van der Waals surface area contributed by atoms with Crippen molar-refractivity contribution in [3.8, 4) is 5.75 Å². The van der Waals surface area contributed by atoms with E-state index in [4.69, 9.17) is 4.74 Å². The molecule has 1 saturated heterocycles. The third kappa shape index (κ3) is 5.55. The molecule has 2 aromatic carbocycles. The molecule has 6 nitrogen and oxygen atoms in total. The van der Waals surface area contributed by atoms with E-state index in [1.807, 2.05) is 42.5 Å². The molecule has 0 aliphatic carbocycles. The van der Waals surface area contributed by atoms with Gasteiger partial charge in [0.1, 0.15) is 10.8 Å². The van der Waals surface area contributed by atoms with Crippen LogP contribution >= 0.6 is 11.8 Å². The lowest BCUT2D eigenvalue weighted by Gasteiger charge is -2.33. The Balaban J connectivity index is 1.39. The number of benzene rings is 2. The molecule has 31 heavy (non-hydrogen) atoms. The average Bonchev–Trinajstić information content (AvgIpc) is 2.84. The van der Waals surface area contributed by atoms with Gasteiger partial charge in [0.15, 0.2) is 5.82 Å². The molecule has 1 amide bonds. The van der Waals surface area contributed by atoms with E-state index in [0.717, 1.165) is 46.4 Å². The van der Waals surface area contributed by atoms with Crippen molar-refractivity contribution in [2.24, 2.45) is 5.92 Å². The summed E-state index contributed by atoms with van der Waals surface area (Å²) >= 11 is 1.60. The number of carbonyl (C=O) groups is 1. The maximum Gasteiger partial charge on any atom is 0.225 e. The second-order valence-corrected chi connectivity index (χ2v) is 8.51. The van der Waals surface area contributed by atoms with Crippen molar-refractivity contribution in [2.45, 2.75) is 29.3 Å². The molecule has 1 fully saturated rings. The number of aromatic nitrogens is 2. The predicted molar refractivity (Wildman–Crippen MR) is 122 cm³/mol. The van der Waals surface area contributed by atoms with E-state index < -0.39 is 0 Å². The van der Waals surface area contributed by atoms with E-state index in [-0.39, 0.29) is 11.8 Å². The summed E-state index contributed by atoms with van der Waals surface area (Å²) in [5.74, 6) is 1.68. The van der Waals surface area contributed by atoms with Gasteiger partial charge in [-0.25, -0.2) is 9.97 Å². The minimum Gasteiger partial charge on any atom is -0.497 e. The van der Waals surface area contributed by atoms with Gasteiger partial charge < -0.3 is 15.0 Å². The molecule has 1 N–H and O–H groups in total. The molecule has 1 aliphatic heterocycles. The van der Waals surface area contributed by atoms with Crippen LogP contribution in [0.5, 0.6) is 5.75 Å². The molecule has 4 rings (SSSR count). The topological polar surface area (TPSA) is 67.3 Å². The summed E-state index contributed by atoms with van der Waals surface area (Å²) in [4.78, 5) is 25.3. The molecule has 3 aromatic rings. The molecular weight excluding hydrogens is 408 g/mol. The second-order valence-electron chi connectivity index (χ2n) is 7.45. The molecule has 0 bridgehead atoms. The van der Waals surface area contributed by atoms with E-state index >= 15 is 0 Å². The maximum atomic E-state index is 12.8. The van der Waals surface area contributed by atoms with Gasteiger partial charge >= 0.3 is 0 Å². The van der Waals surface area contributed by atoms with Crippen LogP contribution in [0.3, 0.4) is 0 Å². The second kappa shape index (κ2) is 10.3. The SMILES string of the molecule is COc1ccc(CNC(=O)[C@H]2CCCN(c3nccnc3Sc3ccccc3)C2)cc1. The fourth-order valence-corrected chi connectivity index (χ4v) is 4.57. The number of methoxy groups -OCH3 is 1. The normalized spacial score (nSPS) is 16.0. The van der Waals surface area contributed by atoms with Gasteiger partial charge in [-0.15, -0.1) is 0 Å². The van der Waals surface area contributed by atoms with Gasteiger partial charge in [0.25, 0.3) is 0 Å². The largest absolute Gasteiger partial charge is 0.497 e. The minimum atomic E-state index is -0.0661. The molecule has 7 heteroatoms. The summed E-state index contributed by atoms with van der Waals surface area (Å²) in [5.41, 5.74) is 1.05. The van der Waals surface area contributed by atoms with Crippen LogP contribution in [0, 0.1) is 5.92 Å². The Morgan fingerprint density at radius 1 is 1.13 bits per heavy atom. The Morgan fingerprint density at radius 2 is 1.90 bits per heavy atom. The van der Waals surface area contributed by atoms with E-state index in [1.165, 1.54) is 0 Å². The number of carbonyl (C=O) groups excluding carboxylic acids is 1. The summed E-state index contributed by atoms with van der Waals surface area (Å²) < 4.78 is 5.19. The summed E-state index contributed by atoms with van der Waals surface area (Å²) in [6.07, 6.45) is 5.27. The smallest absolute Gasteiger partial charge is 0.225 e. The van der Waals surface area contributed by atoms with Crippen molar-refractivity contribution >= 4 is 23.5 Å². The zero-order chi connectivity index (χ0) is 21.5. The minimum absolute atomic E-state index is 0.0661. The number of ether oxygens (including phenoxy) is 1. The fourth-order valence-electron chi connectivity index (χ4n) is 3.67. The van der Waals surface area contributed by atoms with Crippen molar-refractivity contribution in [2.75, 3.05) is 25.1 Å². The van der Waals surface area contributed by atoms with Crippen LogP contribution in [0.1, 0.15) is 18.4 Å². The summed E-state index contributed by atoms with van der Waals surface area (Å²) in [5, 5.41) is 3.95. The fraction of sp³-hybridized carbons (Fsp3) is 0.292. The van der Waals surface area contributed by atoms with Crippen LogP contribution in [0.2, 0.25) is 0 Å². The summed E-state index contributed by atoms with van der Waals surface area (Å²) in [6, 6.07) is 17.9. The molecular formula is C24H26N4O2S. The van der Waals surface area contributed by atoms with Crippen molar-refractivity contribution in [1.29, 1.82) is 0 Å². The number of hydrogen-bond donors (Lipinski definition) is 1. The number of nitrogens with one attached hydrogen (secondary N) is 1. The third-order valence-corrected chi connectivity index (χ3v) is 6.31. The summed E-state index contributed by atoms with van der Waals surface area (Å²) in [7, 11) is 1.65. The van der Waals surface area contributed by atoms with Crippen LogP contribution in [-0.2, 0) is 11.3 Å². The molecule has 0 saturated carbocycles. The van der Waals surface area contributed by atoms with Crippen molar-refractivity contribution in [3.63, 3.8) is 0 Å². The van der Waals surface area contributed by atoms with Gasteiger partial charge in [0, 0.05) is 36.9 Å². The number of nitrogens with zero attached hydrogens (tertiary/aromatic N) is 3. The highest BCUT2D eigenvalue weighted by Gasteiger charge is 2.28. The third-order valence-electron chi connectivity index (χ3n) is 5.32. The zero-order valence-electron chi connectivity index (χ0n) is 17.5. The van der Waals surface area contributed by atoms with Gasteiger partial charge in [0.2, 0.25) is 5.91 Å². The summed E-state index contributed by atoms with van der Waals surface area (Å²) in [6.45, 7) is 2.04. The van der Waals surface area contributed by atoms with Crippen LogP contribution < -0.4 is 15.0 Å². The number of amides is 1. The highest BCUT2D eigenvalue weighted by Crippen LogP contribution is 2.33. The first-order valence-corrected chi connectivity index (χ1v) is 11.2. The standard InChI is InChI=1S/C24H26N4O2S/c1-30-20-11-9-18(10-12-20)16-27-23(29)19-6-5-15-28(17-19)22-24(26-14-13-25-22)31-21-7-3-2-4-8-21/h2-4,7-14,19H,5-6,15-17H2,1H3,(H,27,29)/t19-/m0/s1. The Bertz CT molecular complexity index is 998. The first kappa shape index (κ1) is 21.2. The van der Waals surface area contributed by atoms with Gasteiger partial charge in [-0.1, -0.05) is 42.1 Å². The first-order chi connectivity index (χ1) is 15.2. The predicted octanol–water partition coefficient (Wildman–Crippen LogP) is 4.17. The lowest BCUT2D eigenvalue weighted by Crippen LogP contribution is -2.43. The van der Waals surface area contributed by atoms with Gasteiger partial charge in [-0.05, 0) is 42.7 Å². The number of rotatable bonds is 7. The highest BCUT2D eigenvalue weighted by atomic mass is 32.2. The lowest BCUT2D eigenvalue weighted by atomic mass is 9.97. The molecule has 0 unspecified atom stereocenters. The van der Waals surface area contributed by atoms with Crippen molar-refractivity contribution in [1.82, 2.24) is 15.3 Å². The van der Waals surface area contributed by atoms with Gasteiger partial charge in [-0.2, -0.15) is 0 Å². The molecule has 0 spiro atoms. The Kier molecular flexibility index (Phi) is 7.04. The van der Waals surface area contributed by atoms with Gasteiger partial charge in [-0.3, -0.25) is 4.79 Å². The molecule has 160 valence electrons. The number of piperidine rings is 1. The van der Waals surface area contributed by atoms with Crippen LogP contribution in [0.15, 0.2) is 76.9 Å². The molecule has 1 atom stereocenters. The van der Waals surface area contributed by atoms with E-state index in [1.54, 1.807) is 31.3 Å². The molecule has 0 radical (unpaired) electrons. The average molecular weight is 435 g/mol. The molecule has 1 aliphatic rings. The van der Waals surface area contributed by atoms with Crippen LogP contribution in [0.25, 0.3) is 0 Å². The monoisotopic (exact) mass is 434 g/mol. The van der Waals surface area contributed by atoms with E-state index in [2.05, 4.69) is 32.3 Å². The van der Waals surface area contributed by atoms with Crippen molar-refractivity contribution < 1.29 is 9.53 Å². The van der Waals surface area contributed by atoms with Crippen molar-refractivity contribution in [3.05, 3.63) is 72.6 Å². The van der Waals surface area contributed by atoms with E-state index in [9.17, 15) is 4.79 Å². The highest BCUT2D eigenvalue weighted by molar-refractivity contribution is 7.99. The number of anilines is 1. The Morgan fingerprint density at radius 3 is 2.68 bits per heavy atom. The van der Waals surface area contributed by atoms with E-state index in [0.29, 0.717) is 13.1 Å². The molecule has 1 aromatic heterocycles. The lowest BCUT2D eigenvalue weighted by molar-refractivity contribution is -0.125. The maximum absolute atomic E-state index is 12.8. The van der Waals surface area contributed by atoms with Crippen LogP contribution in [-0.4, -0.2) is 36.1 Å².